The summed E-state index contributed by atoms with van der Waals surface area (Å²) < 4.78 is 30.7. The third kappa shape index (κ3) is 3.54. The molecule has 2 rings (SSSR count). The number of rotatable bonds is 5. The SMILES string of the molecule is CN(Cc1c(Cl)cnn1C)C(=O)c1ccccc1OC(F)F. The molecule has 0 aliphatic rings. The molecule has 0 aliphatic heterocycles. The number of ether oxygens (including phenoxy) is 1. The highest BCUT2D eigenvalue weighted by atomic mass is 35.5. The Balaban J connectivity index is 2.21. The summed E-state index contributed by atoms with van der Waals surface area (Å²) in [4.78, 5) is 13.8. The molecule has 0 atom stereocenters. The predicted octanol–water partition coefficient (Wildman–Crippen LogP) is 2.95. The van der Waals surface area contributed by atoms with E-state index in [4.69, 9.17) is 11.6 Å². The van der Waals surface area contributed by atoms with Crippen LogP contribution >= 0.6 is 11.6 Å². The van der Waals surface area contributed by atoms with E-state index in [1.807, 2.05) is 0 Å². The summed E-state index contributed by atoms with van der Waals surface area (Å²) in [5.74, 6) is -0.612. The minimum Gasteiger partial charge on any atom is -0.434 e. The van der Waals surface area contributed by atoms with Crippen LogP contribution in [-0.4, -0.2) is 34.2 Å². The van der Waals surface area contributed by atoms with Crippen LogP contribution in [-0.2, 0) is 13.6 Å². The molecule has 0 aliphatic carbocycles. The Labute approximate surface area is 131 Å². The molecular weight excluding hydrogens is 316 g/mol. The molecule has 8 heteroatoms. The summed E-state index contributed by atoms with van der Waals surface area (Å²) >= 11 is 5.99. The number of aryl methyl sites for hydroxylation is 1. The van der Waals surface area contributed by atoms with Gasteiger partial charge in [-0.3, -0.25) is 9.48 Å². The number of aromatic nitrogens is 2. The second-order valence-electron chi connectivity index (χ2n) is 4.60. The first-order chi connectivity index (χ1) is 10.4. The zero-order chi connectivity index (χ0) is 16.3. The maximum atomic E-state index is 12.4. The number of nitrogens with zero attached hydrogens (tertiary/aromatic N) is 3. The van der Waals surface area contributed by atoms with E-state index in [9.17, 15) is 13.6 Å². The molecule has 1 amide bonds. The molecular formula is C14H14ClF2N3O2. The van der Waals surface area contributed by atoms with E-state index < -0.39 is 12.5 Å². The van der Waals surface area contributed by atoms with Gasteiger partial charge in [0.25, 0.3) is 5.91 Å². The van der Waals surface area contributed by atoms with Crippen LogP contribution in [0.1, 0.15) is 16.1 Å². The third-order valence-corrected chi connectivity index (χ3v) is 3.39. The molecule has 0 unspecified atom stereocenters. The maximum Gasteiger partial charge on any atom is 0.387 e. The maximum absolute atomic E-state index is 12.4. The zero-order valence-corrected chi connectivity index (χ0v) is 12.7. The molecule has 0 fully saturated rings. The summed E-state index contributed by atoms with van der Waals surface area (Å²) in [6.07, 6.45) is 1.48. The van der Waals surface area contributed by atoms with Crippen molar-refractivity contribution >= 4 is 17.5 Å². The Bertz CT molecular complexity index is 656. The number of hydrogen-bond acceptors (Lipinski definition) is 3. The summed E-state index contributed by atoms with van der Waals surface area (Å²) in [5.41, 5.74) is 0.702. The van der Waals surface area contributed by atoms with Gasteiger partial charge in [-0.2, -0.15) is 13.9 Å². The molecule has 5 nitrogen and oxygen atoms in total. The lowest BCUT2D eigenvalue weighted by molar-refractivity contribution is -0.0502. The molecule has 22 heavy (non-hydrogen) atoms. The van der Waals surface area contributed by atoms with Crippen molar-refractivity contribution in [2.24, 2.45) is 7.05 Å². The van der Waals surface area contributed by atoms with Crippen molar-refractivity contribution < 1.29 is 18.3 Å². The van der Waals surface area contributed by atoms with Gasteiger partial charge in [-0.15, -0.1) is 0 Å². The van der Waals surface area contributed by atoms with E-state index in [1.165, 1.54) is 29.3 Å². The molecule has 0 N–H and O–H groups in total. The van der Waals surface area contributed by atoms with Gasteiger partial charge < -0.3 is 9.64 Å². The van der Waals surface area contributed by atoms with Gasteiger partial charge in [-0.25, -0.2) is 0 Å². The zero-order valence-electron chi connectivity index (χ0n) is 12.0. The number of halogens is 3. The predicted molar refractivity (Wildman–Crippen MR) is 77.1 cm³/mol. The van der Waals surface area contributed by atoms with Gasteiger partial charge >= 0.3 is 6.61 Å². The molecule has 2 aromatic rings. The number of amides is 1. The van der Waals surface area contributed by atoms with Crippen molar-refractivity contribution in [1.82, 2.24) is 14.7 Å². The largest absolute Gasteiger partial charge is 0.434 e. The monoisotopic (exact) mass is 329 g/mol. The number of carbonyl (C=O) groups excluding carboxylic acids is 1. The Morgan fingerprint density at radius 2 is 2.14 bits per heavy atom. The lowest BCUT2D eigenvalue weighted by atomic mass is 10.1. The smallest absolute Gasteiger partial charge is 0.387 e. The van der Waals surface area contributed by atoms with Gasteiger partial charge in [0.1, 0.15) is 5.75 Å². The van der Waals surface area contributed by atoms with Gasteiger partial charge in [-0.1, -0.05) is 23.7 Å². The topological polar surface area (TPSA) is 47.4 Å². The average molecular weight is 330 g/mol. The minimum atomic E-state index is -2.99. The first kappa shape index (κ1) is 16.2. The standard InChI is InChI=1S/C14H14ClF2N3O2/c1-19(8-11-10(15)7-18-20(11)2)13(21)9-5-3-4-6-12(9)22-14(16)17/h3-7,14H,8H2,1-2H3. The van der Waals surface area contributed by atoms with E-state index in [2.05, 4.69) is 9.84 Å². The fourth-order valence-electron chi connectivity index (χ4n) is 1.96. The van der Waals surface area contributed by atoms with Crippen LogP contribution in [0.15, 0.2) is 30.5 Å². The van der Waals surface area contributed by atoms with Crippen molar-refractivity contribution in [3.05, 3.63) is 46.7 Å². The first-order valence-electron chi connectivity index (χ1n) is 6.36. The molecule has 1 heterocycles. The van der Waals surface area contributed by atoms with Crippen LogP contribution in [0.25, 0.3) is 0 Å². The van der Waals surface area contributed by atoms with E-state index in [0.29, 0.717) is 10.7 Å². The van der Waals surface area contributed by atoms with Crippen LogP contribution in [0.5, 0.6) is 5.75 Å². The van der Waals surface area contributed by atoms with Crippen molar-refractivity contribution in [2.45, 2.75) is 13.2 Å². The second kappa shape index (κ2) is 6.74. The third-order valence-electron chi connectivity index (χ3n) is 3.08. The second-order valence-corrected chi connectivity index (χ2v) is 5.01. The Hall–Kier alpha value is -2.15. The summed E-state index contributed by atoms with van der Waals surface area (Å²) in [6.45, 7) is -2.80. The van der Waals surface area contributed by atoms with Crippen molar-refractivity contribution in [3.8, 4) is 5.75 Å². The Kier molecular flexibility index (Phi) is 4.97. The van der Waals surface area contributed by atoms with Gasteiger partial charge in [0, 0.05) is 14.1 Å². The van der Waals surface area contributed by atoms with E-state index >= 15 is 0 Å². The van der Waals surface area contributed by atoms with Crippen LogP contribution in [0.2, 0.25) is 5.02 Å². The van der Waals surface area contributed by atoms with Gasteiger partial charge in [-0.05, 0) is 12.1 Å². The van der Waals surface area contributed by atoms with Crippen molar-refractivity contribution in [1.29, 1.82) is 0 Å². The molecule has 0 spiro atoms. The molecule has 0 radical (unpaired) electrons. The molecule has 0 bridgehead atoms. The number of benzene rings is 1. The highest BCUT2D eigenvalue weighted by molar-refractivity contribution is 6.31. The highest BCUT2D eigenvalue weighted by Gasteiger charge is 2.20. The normalized spacial score (nSPS) is 10.8. The lowest BCUT2D eigenvalue weighted by Crippen LogP contribution is -2.28. The van der Waals surface area contributed by atoms with Gasteiger partial charge in [0.2, 0.25) is 0 Å². The molecule has 0 saturated carbocycles. The molecule has 1 aromatic carbocycles. The summed E-state index contributed by atoms with van der Waals surface area (Å²) in [5, 5.41) is 4.41. The van der Waals surface area contributed by atoms with E-state index in [-0.39, 0.29) is 17.9 Å². The number of carbonyl (C=O) groups is 1. The fourth-order valence-corrected chi connectivity index (χ4v) is 2.18. The molecule has 0 saturated heterocycles. The van der Waals surface area contributed by atoms with Crippen LogP contribution in [0.3, 0.4) is 0 Å². The fraction of sp³-hybridized carbons (Fsp3) is 0.286. The number of para-hydroxylation sites is 1. The number of hydrogen-bond donors (Lipinski definition) is 0. The minimum absolute atomic E-state index is 0.0589. The first-order valence-corrected chi connectivity index (χ1v) is 6.73. The van der Waals surface area contributed by atoms with Crippen LogP contribution < -0.4 is 4.74 Å². The van der Waals surface area contributed by atoms with Crippen molar-refractivity contribution in [3.63, 3.8) is 0 Å². The van der Waals surface area contributed by atoms with E-state index in [1.54, 1.807) is 24.8 Å². The average Bonchev–Trinajstić information content (AvgIpc) is 2.78. The van der Waals surface area contributed by atoms with Crippen LogP contribution in [0, 0.1) is 0 Å². The number of alkyl halides is 2. The highest BCUT2D eigenvalue weighted by Crippen LogP contribution is 2.23. The molecule has 118 valence electrons. The van der Waals surface area contributed by atoms with Crippen LogP contribution in [0.4, 0.5) is 8.78 Å². The van der Waals surface area contributed by atoms with Gasteiger partial charge in [0.05, 0.1) is 29.0 Å². The Morgan fingerprint density at radius 1 is 1.45 bits per heavy atom. The summed E-state index contributed by atoms with van der Waals surface area (Å²) in [7, 11) is 3.25. The Morgan fingerprint density at radius 3 is 2.73 bits per heavy atom. The molecule has 1 aromatic heterocycles. The van der Waals surface area contributed by atoms with E-state index in [0.717, 1.165) is 0 Å². The summed E-state index contributed by atoms with van der Waals surface area (Å²) in [6, 6.07) is 5.86. The quantitative estimate of drug-likeness (QED) is 0.847. The van der Waals surface area contributed by atoms with Crippen molar-refractivity contribution in [2.75, 3.05) is 7.05 Å². The van der Waals surface area contributed by atoms with Gasteiger partial charge in [0.15, 0.2) is 0 Å². The lowest BCUT2D eigenvalue weighted by Gasteiger charge is -2.19.